The quantitative estimate of drug-likeness (QED) is 0.817. The molecule has 118 valence electrons. The molecule has 2 aromatic rings. The van der Waals surface area contributed by atoms with Crippen molar-refractivity contribution < 1.29 is 14.6 Å². The van der Waals surface area contributed by atoms with E-state index in [1.807, 2.05) is 37.3 Å². The highest BCUT2D eigenvalue weighted by Gasteiger charge is 2.08. The Bertz CT molecular complexity index is 596. The normalized spacial score (nSPS) is 11.8. The minimum absolute atomic E-state index is 0.0455. The second-order valence-electron chi connectivity index (χ2n) is 5.05. The van der Waals surface area contributed by atoms with Crippen LogP contribution in [0.1, 0.15) is 31.0 Å². The van der Waals surface area contributed by atoms with E-state index in [0.717, 1.165) is 17.0 Å². The second kappa shape index (κ2) is 7.71. The highest BCUT2D eigenvalue weighted by Crippen LogP contribution is 2.26. The lowest BCUT2D eigenvalue weighted by molar-refractivity contribution is 0.274. The van der Waals surface area contributed by atoms with Gasteiger partial charge in [0.05, 0.1) is 20.3 Å². The number of benzene rings is 2. The summed E-state index contributed by atoms with van der Waals surface area (Å²) in [6.07, 6.45) is 0. The Morgan fingerprint density at radius 1 is 1.14 bits per heavy atom. The van der Waals surface area contributed by atoms with Crippen LogP contribution in [0.2, 0.25) is 0 Å². The summed E-state index contributed by atoms with van der Waals surface area (Å²) >= 11 is 0. The summed E-state index contributed by atoms with van der Waals surface area (Å²) in [4.78, 5) is 0. The van der Waals surface area contributed by atoms with E-state index < -0.39 is 0 Å². The average Bonchev–Trinajstić information content (AvgIpc) is 2.55. The Kier molecular flexibility index (Phi) is 5.67. The average molecular weight is 301 g/mol. The molecule has 0 aromatic heterocycles. The van der Waals surface area contributed by atoms with Crippen LogP contribution in [0.5, 0.6) is 11.5 Å². The summed E-state index contributed by atoms with van der Waals surface area (Å²) in [7, 11) is 1.60. The van der Waals surface area contributed by atoms with Gasteiger partial charge in [0.1, 0.15) is 11.5 Å². The summed E-state index contributed by atoms with van der Waals surface area (Å²) in [5.41, 5.74) is 2.89. The predicted molar refractivity (Wildman–Crippen MR) is 88.6 cm³/mol. The maximum Gasteiger partial charge on any atom is 0.124 e. The molecule has 2 N–H and O–H groups in total. The molecule has 0 amide bonds. The summed E-state index contributed by atoms with van der Waals surface area (Å²) < 4.78 is 10.7. The molecular weight excluding hydrogens is 278 g/mol. The largest absolute Gasteiger partial charge is 0.496 e. The van der Waals surface area contributed by atoms with Crippen LogP contribution in [0, 0.1) is 0 Å². The molecule has 0 heterocycles. The molecular formula is C18H23NO3. The Morgan fingerprint density at radius 3 is 2.45 bits per heavy atom. The van der Waals surface area contributed by atoms with Gasteiger partial charge in [0.2, 0.25) is 0 Å². The first-order valence-corrected chi connectivity index (χ1v) is 7.45. The van der Waals surface area contributed by atoms with Gasteiger partial charge in [-0.1, -0.05) is 12.1 Å². The molecule has 0 bridgehead atoms. The van der Waals surface area contributed by atoms with E-state index in [0.29, 0.717) is 12.4 Å². The van der Waals surface area contributed by atoms with Crippen LogP contribution in [-0.2, 0) is 6.61 Å². The molecule has 2 aromatic carbocycles. The van der Waals surface area contributed by atoms with E-state index in [-0.39, 0.29) is 12.6 Å². The van der Waals surface area contributed by atoms with Crippen molar-refractivity contribution in [3.63, 3.8) is 0 Å². The van der Waals surface area contributed by atoms with Crippen LogP contribution in [0.4, 0.5) is 5.69 Å². The number of hydrogen-bond acceptors (Lipinski definition) is 4. The molecule has 2 rings (SSSR count). The second-order valence-corrected chi connectivity index (χ2v) is 5.05. The number of ether oxygens (including phenoxy) is 2. The standard InChI is InChI=1S/C18H23NO3/c1-4-22-17-8-5-14(6-9-17)13(2)19-16-7-10-18(21-3)15(11-16)12-20/h5-11,13,19-20H,4,12H2,1-3H3. The molecule has 22 heavy (non-hydrogen) atoms. The summed E-state index contributed by atoms with van der Waals surface area (Å²) in [6.45, 7) is 4.69. The van der Waals surface area contributed by atoms with Gasteiger partial charge in [0, 0.05) is 17.3 Å². The smallest absolute Gasteiger partial charge is 0.124 e. The lowest BCUT2D eigenvalue weighted by Crippen LogP contribution is -2.07. The first kappa shape index (κ1) is 16.2. The van der Waals surface area contributed by atoms with Crippen LogP contribution in [-0.4, -0.2) is 18.8 Å². The summed E-state index contributed by atoms with van der Waals surface area (Å²) in [6, 6.07) is 13.9. The van der Waals surface area contributed by atoms with Crippen molar-refractivity contribution in [3.05, 3.63) is 53.6 Å². The van der Waals surface area contributed by atoms with Crippen LogP contribution in [0.25, 0.3) is 0 Å². The Morgan fingerprint density at radius 2 is 1.86 bits per heavy atom. The minimum Gasteiger partial charge on any atom is -0.496 e. The molecule has 0 aliphatic carbocycles. The summed E-state index contributed by atoms with van der Waals surface area (Å²) in [5, 5.41) is 12.8. The molecule has 1 unspecified atom stereocenters. The van der Waals surface area contributed by atoms with E-state index in [1.54, 1.807) is 7.11 Å². The number of rotatable bonds is 7. The Balaban J connectivity index is 2.09. The molecule has 4 heteroatoms. The fourth-order valence-corrected chi connectivity index (χ4v) is 2.34. The third-order valence-corrected chi connectivity index (χ3v) is 3.53. The van der Waals surface area contributed by atoms with Crippen molar-refractivity contribution in [2.24, 2.45) is 0 Å². The van der Waals surface area contributed by atoms with E-state index >= 15 is 0 Å². The minimum atomic E-state index is -0.0455. The van der Waals surface area contributed by atoms with Crippen molar-refractivity contribution in [1.82, 2.24) is 0 Å². The molecule has 0 radical (unpaired) electrons. The number of methoxy groups -OCH3 is 1. The molecule has 1 atom stereocenters. The lowest BCUT2D eigenvalue weighted by atomic mass is 10.1. The lowest BCUT2D eigenvalue weighted by Gasteiger charge is -2.17. The highest BCUT2D eigenvalue weighted by molar-refractivity contribution is 5.52. The van der Waals surface area contributed by atoms with Gasteiger partial charge in [0.25, 0.3) is 0 Å². The maximum absolute atomic E-state index is 9.38. The molecule has 4 nitrogen and oxygen atoms in total. The Hall–Kier alpha value is -2.20. The maximum atomic E-state index is 9.38. The van der Waals surface area contributed by atoms with E-state index in [2.05, 4.69) is 24.4 Å². The summed E-state index contributed by atoms with van der Waals surface area (Å²) in [5.74, 6) is 1.58. The number of aliphatic hydroxyl groups excluding tert-OH is 1. The van der Waals surface area contributed by atoms with Gasteiger partial charge in [-0.2, -0.15) is 0 Å². The van der Waals surface area contributed by atoms with E-state index in [4.69, 9.17) is 9.47 Å². The Labute approximate surface area is 131 Å². The van der Waals surface area contributed by atoms with Crippen molar-refractivity contribution >= 4 is 5.69 Å². The van der Waals surface area contributed by atoms with Gasteiger partial charge in [0.15, 0.2) is 0 Å². The van der Waals surface area contributed by atoms with Crippen LogP contribution in [0.15, 0.2) is 42.5 Å². The van der Waals surface area contributed by atoms with Gasteiger partial charge in [-0.25, -0.2) is 0 Å². The zero-order valence-electron chi connectivity index (χ0n) is 13.3. The van der Waals surface area contributed by atoms with E-state index in [9.17, 15) is 5.11 Å². The monoisotopic (exact) mass is 301 g/mol. The van der Waals surface area contributed by atoms with Crippen LogP contribution in [0.3, 0.4) is 0 Å². The van der Waals surface area contributed by atoms with Gasteiger partial charge in [-0.05, 0) is 49.7 Å². The molecule has 0 aliphatic heterocycles. The fraction of sp³-hybridized carbons (Fsp3) is 0.333. The number of anilines is 1. The highest BCUT2D eigenvalue weighted by atomic mass is 16.5. The number of nitrogens with one attached hydrogen (secondary N) is 1. The third-order valence-electron chi connectivity index (χ3n) is 3.53. The van der Waals surface area contributed by atoms with Gasteiger partial charge < -0.3 is 19.9 Å². The molecule has 0 saturated carbocycles. The molecule has 0 spiro atoms. The molecule has 0 saturated heterocycles. The van der Waals surface area contributed by atoms with Gasteiger partial charge in [-0.3, -0.25) is 0 Å². The fourth-order valence-electron chi connectivity index (χ4n) is 2.34. The van der Waals surface area contributed by atoms with Crippen LogP contribution >= 0.6 is 0 Å². The molecule has 0 fully saturated rings. The van der Waals surface area contributed by atoms with Crippen molar-refractivity contribution in [3.8, 4) is 11.5 Å². The van der Waals surface area contributed by atoms with Crippen molar-refractivity contribution in [2.75, 3.05) is 19.0 Å². The first-order valence-electron chi connectivity index (χ1n) is 7.45. The SMILES string of the molecule is CCOc1ccc(C(C)Nc2ccc(OC)c(CO)c2)cc1. The predicted octanol–water partition coefficient (Wildman–Crippen LogP) is 3.76. The first-order chi connectivity index (χ1) is 10.7. The van der Waals surface area contributed by atoms with Gasteiger partial charge >= 0.3 is 0 Å². The number of hydrogen-bond donors (Lipinski definition) is 2. The van der Waals surface area contributed by atoms with Crippen molar-refractivity contribution in [1.29, 1.82) is 0 Å². The van der Waals surface area contributed by atoms with Gasteiger partial charge in [-0.15, -0.1) is 0 Å². The van der Waals surface area contributed by atoms with Crippen LogP contribution < -0.4 is 14.8 Å². The third kappa shape index (κ3) is 3.92. The zero-order chi connectivity index (χ0) is 15.9. The zero-order valence-corrected chi connectivity index (χ0v) is 13.3. The number of aliphatic hydroxyl groups is 1. The molecule has 0 aliphatic rings. The topological polar surface area (TPSA) is 50.7 Å². The van der Waals surface area contributed by atoms with Crippen molar-refractivity contribution in [2.45, 2.75) is 26.5 Å². The van der Waals surface area contributed by atoms with E-state index in [1.165, 1.54) is 5.56 Å².